The standard InChI is InChI=1S/C42H60Si3/c1-25(2)19-43(20-26(3)4)31-13-15-33-39-37(31)38-32(43)14-16-34-40(38)42-36(45(34,23-29(9)10)24-30(11)12)18-17-35(41(39)42)44(33,21-27(5)6)22-28(7)8/h13-18,25-30H,19-24H2,1-12H3. The monoisotopic (exact) mass is 648 g/mol. The van der Waals surface area contributed by atoms with Gasteiger partial charge in [-0.05, 0) is 135 Å². The summed E-state index contributed by atoms with van der Waals surface area (Å²) in [6, 6.07) is 24.9. The molecule has 0 nitrogen and oxygen atoms in total. The molecule has 0 aromatic heterocycles. The normalized spacial score (nSPS) is 18.3. The summed E-state index contributed by atoms with van der Waals surface area (Å²) < 4.78 is 0. The summed E-state index contributed by atoms with van der Waals surface area (Å²) in [6.07, 6.45) is 0. The first-order chi connectivity index (χ1) is 21.2. The van der Waals surface area contributed by atoms with Gasteiger partial charge in [0.15, 0.2) is 0 Å². The summed E-state index contributed by atoms with van der Waals surface area (Å²) in [6.45, 7) is 30.1. The lowest BCUT2D eigenvalue weighted by molar-refractivity contribution is 0.687. The number of hydrogen-bond donors (Lipinski definition) is 0. The van der Waals surface area contributed by atoms with Crippen LogP contribution in [0.2, 0.25) is 36.3 Å². The van der Waals surface area contributed by atoms with Crippen molar-refractivity contribution < 1.29 is 0 Å². The predicted molar refractivity (Wildman–Crippen MR) is 212 cm³/mol. The van der Waals surface area contributed by atoms with Crippen molar-refractivity contribution in [2.45, 2.75) is 119 Å². The molecule has 0 unspecified atom stereocenters. The van der Waals surface area contributed by atoms with E-state index in [1.165, 1.54) is 36.3 Å². The van der Waals surface area contributed by atoms with E-state index in [0.29, 0.717) is 0 Å². The highest BCUT2D eigenvalue weighted by atomic mass is 28.3. The zero-order valence-electron chi connectivity index (χ0n) is 30.7. The van der Waals surface area contributed by atoms with E-state index in [-0.39, 0.29) is 0 Å². The number of rotatable bonds is 12. The fourth-order valence-corrected chi connectivity index (χ4v) is 31.1. The van der Waals surface area contributed by atoms with Crippen LogP contribution in [0.1, 0.15) is 83.1 Å². The minimum Gasteiger partial charge on any atom is -0.0630 e. The minimum atomic E-state index is -1.95. The van der Waals surface area contributed by atoms with Gasteiger partial charge in [-0.2, -0.15) is 0 Å². The molecule has 0 bridgehead atoms. The zero-order chi connectivity index (χ0) is 32.4. The van der Waals surface area contributed by atoms with Crippen molar-refractivity contribution in [3.05, 3.63) is 36.4 Å². The highest BCUT2D eigenvalue weighted by Crippen LogP contribution is 2.48. The van der Waals surface area contributed by atoms with Gasteiger partial charge in [0.2, 0.25) is 0 Å². The first kappa shape index (κ1) is 31.9. The van der Waals surface area contributed by atoms with Gasteiger partial charge in [0.25, 0.3) is 0 Å². The summed E-state index contributed by atoms with van der Waals surface area (Å²) in [4.78, 5) is 0. The summed E-state index contributed by atoms with van der Waals surface area (Å²) in [5.41, 5.74) is 0. The van der Waals surface area contributed by atoms with Crippen LogP contribution in [-0.4, -0.2) is 24.2 Å². The van der Waals surface area contributed by atoms with E-state index in [1.54, 1.807) is 32.3 Å². The van der Waals surface area contributed by atoms with Gasteiger partial charge in [-0.1, -0.05) is 119 Å². The fourth-order valence-electron chi connectivity index (χ4n) is 11.9. The SMILES string of the molecule is CC(C)C[Si]1(CC(C)C)c2ccc3c4c2c2c1ccc1c2c2c(ccc(c42)[Si]3(CC(C)C)CC(C)C)[Si]1(CC(C)C)CC(C)C. The van der Waals surface area contributed by atoms with Crippen LogP contribution in [0.5, 0.6) is 0 Å². The Kier molecular flexibility index (Phi) is 7.55. The van der Waals surface area contributed by atoms with E-state index in [9.17, 15) is 0 Å². The van der Waals surface area contributed by atoms with Crippen LogP contribution in [0.4, 0.5) is 0 Å². The molecule has 240 valence electrons. The average molecular weight is 649 g/mol. The molecule has 4 aromatic rings. The van der Waals surface area contributed by atoms with Crippen LogP contribution in [0.15, 0.2) is 36.4 Å². The molecule has 3 aliphatic rings. The maximum absolute atomic E-state index is 2.76. The van der Waals surface area contributed by atoms with Crippen molar-refractivity contribution in [2.75, 3.05) is 0 Å². The summed E-state index contributed by atoms with van der Waals surface area (Å²) >= 11 is 0. The molecule has 7 rings (SSSR count). The second-order valence-corrected chi connectivity index (χ2v) is 30.7. The van der Waals surface area contributed by atoms with Crippen LogP contribution < -0.4 is 31.1 Å². The van der Waals surface area contributed by atoms with Crippen molar-refractivity contribution in [2.24, 2.45) is 35.5 Å². The van der Waals surface area contributed by atoms with E-state index < -0.39 is 24.2 Å². The van der Waals surface area contributed by atoms with Gasteiger partial charge < -0.3 is 0 Å². The molecule has 0 amide bonds. The van der Waals surface area contributed by atoms with E-state index in [2.05, 4.69) is 119 Å². The van der Waals surface area contributed by atoms with Crippen LogP contribution in [0.3, 0.4) is 0 Å². The van der Waals surface area contributed by atoms with Gasteiger partial charge in [-0.3, -0.25) is 0 Å². The maximum Gasteiger partial charge on any atom is 0.120 e. The van der Waals surface area contributed by atoms with Crippen molar-refractivity contribution in [3.8, 4) is 0 Å². The fraction of sp³-hybridized carbons (Fsp3) is 0.571. The molecule has 0 saturated carbocycles. The molecule has 0 aliphatic carbocycles. The van der Waals surface area contributed by atoms with Gasteiger partial charge in [-0.25, -0.2) is 0 Å². The Balaban J connectivity index is 1.73. The Hall–Kier alpha value is -1.69. The molecule has 0 radical (unpaired) electrons. The van der Waals surface area contributed by atoms with E-state index in [1.807, 2.05) is 31.1 Å². The third-order valence-corrected chi connectivity index (χ3v) is 29.8. The smallest absolute Gasteiger partial charge is 0.0630 e. The minimum absolute atomic E-state index is 0.718. The van der Waals surface area contributed by atoms with Crippen molar-refractivity contribution in [3.63, 3.8) is 0 Å². The molecular formula is C42H60Si3. The molecule has 3 heterocycles. The van der Waals surface area contributed by atoms with E-state index in [0.717, 1.165) is 35.5 Å². The lowest BCUT2D eigenvalue weighted by Gasteiger charge is -2.35. The molecule has 0 fully saturated rings. The highest BCUT2D eigenvalue weighted by molar-refractivity contribution is 7.13. The Bertz CT molecular complexity index is 1460. The summed E-state index contributed by atoms with van der Waals surface area (Å²) in [7, 11) is -5.85. The largest absolute Gasteiger partial charge is 0.120 e. The van der Waals surface area contributed by atoms with Crippen molar-refractivity contribution >= 4 is 87.7 Å². The van der Waals surface area contributed by atoms with Gasteiger partial charge in [0.1, 0.15) is 24.2 Å². The topological polar surface area (TPSA) is 0 Å². The third-order valence-electron chi connectivity index (χ3n) is 12.0. The van der Waals surface area contributed by atoms with Crippen LogP contribution in [0, 0.1) is 35.5 Å². The molecule has 0 atom stereocenters. The molecule has 3 heteroatoms. The number of hydrogen-bond acceptors (Lipinski definition) is 0. The second-order valence-electron chi connectivity index (χ2n) is 18.6. The lowest BCUT2D eigenvalue weighted by Crippen LogP contribution is -2.59. The molecule has 0 saturated heterocycles. The first-order valence-corrected chi connectivity index (χ1v) is 26.0. The Morgan fingerprint density at radius 2 is 0.422 bits per heavy atom. The maximum atomic E-state index is 2.76. The molecular weight excluding hydrogens is 589 g/mol. The molecule has 4 aromatic carbocycles. The van der Waals surface area contributed by atoms with Gasteiger partial charge in [0, 0.05) is 0 Å². The molecule has 0 spiro atoms. The zero-order valence-corrected chi connectivity index (χ0v) is 33.7. The van der Waals surface area contributed by atoms with Crippen molar-refractivity contribution in [1.29, 1.82) is 0 Å². The first-order valence-electron chi connectivity index (χ1n) is 18.7. The lowest BCUT2D eigenvalue weighted by atomic mass is 9.95. The molecule has 45 heavy (non-hydrogen) atoms. The number of benzene rings is 4. The Morgan fingerprint density at radius 3 is 0.533 bits per heavy atom. The Labute approximate surface area is 277 Å². The van der Waals surface area contributed by atoms with Gasteiger partial charge >= 0.3 is 0 Å². The average Bonchev–Trinajstić information content (AvgIpc) is 3.43. The Morgan fingerprint density at radius 1 is 0.289 bits per heavy atom. The van der Waals surface area contributed by atoms with Crippen LogP contribution in [0.25, 0.3) is 32.3 Å². The van der Waals surface area contributed by atoms with Crippen LogP contribution in [-0.2, 0) is 0 Å². The highest BCUT2D eigenvalue weighted by Gasteiger charge is 2.54. The summed E-state index contributed by atoms with van der Waals surface area (Å²) in [5, 5.41) is 21.7. The van der Waals surface area contributed by atoms with Gasteiger partial charge in [0.05, 0.1) is 0 Å². The summed E-state index contributed by atoms with van der Waals surface area (Å²) in [5.74, 6) is 4.31. The third kappa shape index (κ3) is 4.24. The predicted octanol–water partition coefficient (Wildman–Crippen LogP) is 8.71. The molecule has 3 aliphatic heterocycles. The van der Waals surface area contributed by atoms with Crippen LogP contribution >= 0.6 is 0 Å². The second kappa shape index (κ2) is 10.7. The quantitative estimate of drug-likeness (QED) is 0.107. The van der Waals surface area contributed by atoms with Gasteiger partial charge in [-0.15, -0.1) is 0 Å². The van der Waals surface area contributed by atoms with E-state index in [4.69, 9.17) is 0 Å². The van der Waals surface area contributed by atoms with E-state index >= 15 is 0 Å². The van der Waals surface area contributed by atoms with Crippen molar-refractivity contribution in [1.82, 2.24) is 0 Å². The molecule has 0 N–H and O–H groups in total.